The monoisotopic (exact) mass is 416 g/mol. The van der Waals surface area contributed by atoms with Crippen LogP contribution in [0.25, 0.3) is 6.08 Å². The summed E-state index contributed by atoms with van der Waals surface area (Å²) < 4.78 is 10.6. The molecule has 0 bridgehead atoms. The molecular weight excluding hydrogens is 392 g/mol. The van der Waals surface area contributed by atoms with Gasteiger partial charge in [-0.2, -0.15) is 5.26 Å². The molecule has 6 heteroatoms. The van der Waals surface area contributed by atoms with Crippen LogP contribution in [0, 0.1) is 11.3 Å². The van der Waals surface area contributed by atoms with Gasteiger partial charge in [0.15, 0.2) is 0 Å². The van der Waals surface area contributed by atoms with Crippen LogP contribution in [0.3, 0.4) is 0 Å². The van der Waals surface area contributed by atoms with Crippen molar-refractivity contribution in [1.82, 2.24) is 4.90 Å². The quantitative estimate of drug-likeness (QED) is 0.505. The predicted octanol–water partition coefficient (Wildman–Crippen LogP) is 3.93. The SMILES string of the molecule is CCOc1ccc(/C=C2/C(=O)N(CCc3ccc(OC)cc3)C(=O)C(C#N)=C2C)cc1. The smallest absolute Gasteiger partial charge is 0.271 e. The molecule has 0 saturated carbocycles. The number of imide groups is 1. The standard InChI is InChI=1S/C25H24N2O4/c1-4-31-21-11-7-19(8-12-21)15-22-17(2)23(16-26)25(29)27(24(22)28)14-13-18-5-9-20(30-3)10-6-18/h5-12,15H,4,13-14H2,1-3H3/b22-15+. The van der Waals surface area contributed by atoms with Gasteiger partial charge in [0.05, 0.1) is 13.7 Å². The highest BCUT2D eigenvalue weighted by atomic mass is 16.5. The Morgan fingerprint density at radius 1 is 1.00 bits per heavy atom. The van der Waals surface area contributed by atoms with E-state index in [9.17, 15) is 14.9 Å². The third kappa shape index (κ3) is 4.84. The van der Waals surface area contributed by atoms with Crippen molar-refractivity contribution in [2.24, 2.45) is 0 Å². The second-order valence-corrected chi connectivity index (χ2v) is 7.03. The zero-order chi connectivity index (χ0) is 22.4. The van der Waals surface area contributed by atoms with Crippen molar-refractivity contribution in [2.75, 3.05) is 20.3 Å². The van der Waals surface area contributed by atoms with Gasteiger partial charge in [0.25, 0.3) is 11.8 Å². The first-order chi connectivity index (χ1) is 15.0. The number of carbonyl (C=O) groups excluding carboxylic acids is 2. The van der Waals surface area contributed by atoms with E-state index in [1.807, 2.05) is 61.5 Å². The van der Waals surface area contributed by atoms with Gasteiger partial charge in [-0.05, 0) is 67.3 Å². The van der Waals surface area contributed by atoms with Crippen molar-refractivity contribution in [3.63, 3.8) is 0 Å². The molecule has 0 unspecified atom stereocenters. The van der Waals surface area contributed by atoms with Crippen LogP contribution in [-0.2, 0) is 16.0 Å². The summed E-state index contributed by atoms with van der Waals surface area (Å²) in [5, 5.41) is 9.53. The van der Waals surface area contributed by atoms with Crippen molar-refractivity contribution in [3.05, 3.63) is 76.4 Å². The number of methoxy groups -OCH3 is 1. The van der Waals surface area contributed by atoms with Crippen LogP contribution in [0.5, 0.6) is 11.5 Å². The van der Waals surface area contributed by atoms with E-state index in [-0.39, 0.29) is 12.1 Å². The Morgan fingerprint density at radius 2 is 1.65 bits per heavy atom. The molecule has 1 aliphatic rings. The second kappa shape index (κ2) is 9.77. The molecular formula is C25H24N2O4. The minimum atomic E-state index is -0.553. The molecule has 0 N–H and O–H groups in total. The predicted molar refractivity (Wildman–Crippen MR) is 117 cm³/mol. The van der Waals surface area contributed by atoms with Gasteiger partial charge >= 0.3 is 0 Å². The van der Waals surface area contributed by atoms with Crippen LogP contribution in [0.2, 0.25) is 0 Å². The second-order valence-electron chi connectivity index (χ2n) is 7.03. The van der Waals surface area contributed by atoms with Crippen LogP contribution in [0.15, 0.2) is 65.3 Å². The van der Waals surface area contributed by atoms with Gasteiger partial charge in [0, 0.05) is 12.1 Å². The topological polar surface area (TPSA) is 79.6 Å². The fourth-order valence-corrected chi connectivity index (χ4v) is 3.36. The summed E-state index contributed by atoms with van der Waals surface area (Å²) in [5.74, 6) is 0.520. The summed E-state index contributed by atoms with van der Waals surface area (Å²) in [7, 11) is 1.59. The number of nitrogens with zero attached hydrogens (tertiary/aromatic N) is 2. The number of rotatable bonds is 7. The van der Waals surface area contributed by atoms with Crippen molar-refractivity contribution >= 4 is 17.9 Å². The van der Waals surface area contributed by atoms with Crippen molar-refractivity contribution < 1.29 is 19.1 Å². The lowest BCUT2D eigenvalue weighted by Crippen LogP contribution is -2.43. The van der Waals surface area contributed by atoms with E-state index >= 15 is 0 Å². The van der Waals surface area contributed by atoms with Gasteiger partial charge in [-0.25, -0.2) is 0 Å². The zero-order valence-corrected chi connectivity index (χ0v) is 17.8. The Balaban J connectivity index is 1.87. The summed E-state index contributed by atoms with van der Waals surface area (Å²) in [6.45, 7) is 4.29. The Bertz CT molecular complexity index is 1070. The Hall–Kier alpha value is -3.85. The van der Waals surface area contributed by atoms with E-state index < -0.39 is 11.8 Å². The van der Waals surface area contributed by atoms with E-state index in [0.717, 1.165) is 27.5 Å². The molecule has 6 nitrogen and oxygen atoms in total. The highest BCUT2D eigenvalue weighted by Gasteiger charge is 2.35. The van der Waals surface area contributed by atoms with E-state index in [1.54, 1.807) is 20.1 Å². The van der Waals surface area contributed by atoms with Gasteiger partial charge in [-0.15, -0.1) is 0 Å². The van der Waals surface area contributed by atoms with E-state index in [0.29, 0.717) is 24.2 Å². The first-order valence-corrected chi connectivity index (χ1v) is 10.0. The molecule has 0 saturated heterocycles. The number of hydrogen-bond donors (Lipinski definition) is 0. The Labute approximate surface area is 182 Å². The number of ether oxygens (including phenoxy) is 2. The summed E-state index contributed by atoms with van der Waals surface area (Å²) in [5.41, 5.74) is 2.48. The highest BCUT2D eigenvalue weighted by molar-refractivity contribution is 6.19. The molecule has 2 amide bonds. The summed E-state index contributed by atoms with van der Waals surface area (Å²) in [6, 6.07) is 16.7. The molecule has 3 rings (SSSR count). The maximum absolute atomic E-state index is 13.2. The molecule has 1 aliphatic heterocycles. The molecule has 158 valence electrons. The lowest BCUT2D eigenvalue weighted by Gasteiger charge is -2.27. The molecule has 0 fully saturated rings. The molecule has 31 heavy (non-hydrogen) atoms. The number of amides is 2. The van der Waals surface area contributed by atoms with E-state index in [2.05, 4.69) is 0 Å². The maximum Gasteiger partial charge on any atom is 0.271 e. The number of hydrogen-bond acceptors (Lipinski definition) is 5. The largest absolute Gasteiger partial charge is 0.497 e. The van der Waals surface area contributed by atoms with Crippen molar-refractivity contribution in [1.29, 1.82) is 5.26 Å². The van der Waals surface area contributed by atoms with Gasteiger partial charge < -0.3 is 9.47 Å². The summed E-state index contributed by atoms with van der Waals surface area (Å²) in [4.78, 5) is 27.1. The molecule has 0 aliphatic carbocycles. The lowest BCUT2D eigenvalue weighted by atomic mass is 9.93. The first kappa shape index (κ1) is 21.8. The molecule has 0 atom stereocenters. The minimum Gasteiger partial charge on any atom is -0.497 e. The first-order valence-electron chi connectivity index (χ1n) is 10.0. The third-order valence-electron chi connectivity index (χ3n) is 5.11. The minimum absolute atomic E-state index is 0.00785. The maximum atomic E-state index is 13.2. The van der Waals surface area contributed by atoms with Gasteiger partial charge in [0.2, 0.25) is 0 Å². The molecule has 2 aromatic carbocycles. The summed E-state index contributed by atoms with van der Waals surface area (Å²) in [6.07, 6.45) is 2.19. The number of nitriles is 1. The molecule has 2 aromatic rings. The van der Waals surface area contributed by atoms with E-state index in [4.69, 9.17) is 9.47 Å². The third-order valence-corrected chi connectivity index (χ3v) is 5.11. The zero-order valence-electron chi connectivity index (χ0n) is 17.8. The van der Waals surface area contributed by atoms with Crippen LogP contribution >= 0.6 is 0 Å². The van der Waals surface area contributed by atoms with Gasteiger partial charge in [-0.1, -0.05) is 24.3 Å². The summed E-state index contributed by atoms with van der Waals surface area (Å²) >= 11 is 0. The fraction of sp³-hybridized carbons (Fsp3) is 0.240. The number of benzene rings is 2. The molecule has 0 aromatic heterocycles. The number of carbonyl (C=O) groups is 2. The van der Waals surface area contributed by atoms with Crippen LogP contribution in [0.4, 0.5) is 0 Å². The lowest BCUT2D eigenvalue weighted by molar-refractivity contribution is -0.140. The van der Waals surface area contributed by atoms with Crippen LogP contribution in [0.1, 0.15) is 25.0 Å². The average Bonchev–Trinajstić information content (AvgIpc) is 2.78. The Kier molecular flexibility index (Phi) is 6.88. The Morgan fingerprint density at radius 3 is 2.23 bits per heavy atom. The average molecular weight is 416 g/mol. The fourth-order valence-electron chi connectivity index (χ4n) is 3.36. The van der Waals surface area contributed by atoms with Crippen molar-refractivity contribution in [3.8, 4) is 17.6 Å². The van der Waals surface area contributed by atoms with Crippen LogP contribution in [-0.4, -0.2) is 37.0 Å². The molecule has 1 heterocycles. The van der Waals surface area contributed by atoms with Crippen molar-refractivity contribution in [2.45, 2.75) is 20.3 Å². The normalized spacial score (nSPS) is 15.3. The van der Waals surface area contributed by atoms with E-state index in [1.165, 1.54) is 0 Å². The highest BCUT2D eigenvalue weighted by Crippen LogP contribution is 2.27. The molecule has 0 spiro atoms. The van der Waals surface area contributed by atoms with Gasteiger partial charge in [0.1, 0.15) is 23.1 Å². The molecule has 0 radical (unpaired) electrons. The van der Waals surface area contributed by atoms with Crippen LogP contribution < -0.4 is 9.47 Å². The van der Waals surface area contributed by atoms with Gasteiger partial charge in [-0.3, -0.25) is 14.5 Å².